The largest absolute Gasteiger partial charge is 0.398 e. The molecule has 0 saturated heterocycles. The SMILES string of the molecule is COCC(O)CN(C)Cc1ccc(C(N)=O)cc1N. The molecule has 0 aliphatic carbocycles. The standard InChI is InChI=1S/C13H21N3O3/c1-16(7-11(17)8-19-2)6-10-4-3-9(13(15)18)5-12(10)14/h3-5,11,17H,6-8,14H2,1-2H3,(H2,15,18). The molecule has 0 saturated carbocycles. The van der Waals surface area contributed by atoms with E-state index in [0.717, 1.165) is 5.56 Å². The minimum absolute atomic E-state index is 0.292. The number of aliphatic hydroxyl groups excluding tert-OH is 1. The molecule has 0 aromatic heterocycles. The molecule has 0 aliphatic heterocycles. The van der Waals surface area contributed by atoms with Gasteiger partial charge in [0.25, 0.3) is 0 Å². The fourth-order valence-electron chi connectivity index (χ4n) is 1.85. The fraction of sp³-hybridized carbons (Fsp3) is 0.462. The van der Waals surface area contributed by atoms with Gasteiger partial charge in [0.1, 0.15) is 0 Å². The number of hydrogen-bond acceptors (Lipinski definition) is 5. The lowest BCUT2D eigenvalue weighted by atomic mass is 10.1. The average Bonchev–Trinajstić information content (AvgIpc) is 2.31. The van der Waals surface area contributed by atoms with Crippen molar-refractivity contribution >= 4 is 11.6 Å². The van der Waals surface area contributed by atoms with Gasteiger partial charge in [0, 0.05) is 31.5 Å². The van der Waals surface area contributed by atoms with Crippen LogP contribution >= 0.6 is 0 Å². The molecule has 5 N–H and O–H groups in total. The van der Waals surface area contributed by atoms with Crippen molar-refractivity contribution in [2.24, 2.45) is 5.73 Å². The molecule has 0 heterocycles. The summed E-state index contributed by atoms with van der Waals surface area (Å²) in [5.74, 6) is -0.498. The first-order valence-electron chi connectivity index (χ1n) is 5.97. The van der Waals surface area contributed by atoms with Gasteiger partial charge in [0.2, 0.25) is 5.91 Å². The minimum Gasteiger partial charge on any atom is -0.398 e. The van der Waals surface area contributed by atoms with Gasteiger partial charge >= 0.3 is 0 Å². The van der Waals surface area contributed by atoms with Crippen LogP contribution < -0.4 is 11.5 Å². The monoisotopic (exact) mass is 267 g/mol. The number of hydrogen-bond donors (Lipinski definition) is 3. The van der Waals surface area contributed by atoms with Crippen LogP contribution in [0.1, 0.15) is 15.9 Å². The average molecular weight is 267 g/mol. The molecule has 0 radical (unpaired) electrons. The van der Waals surface area contributed by atoms with Crippen LogP contribution in [0.3, 0.4) is 0 Å². The number of ether oxygens (including phenoxy) is 1. The van der Waals surface area contributed by atoms with Gasteiger partial charge in [-0.3, -0.25) is 9.69 Å². The molecule has 1 aromatic carbocycles. The Morgan fingerprint density at radius 3 is 2.74 bits per heavy atom. The van der Waals surface area contributed by atoms with Gasteiger partial charge in [-0.15, -0.1) is 0 Å². The highest BCUT2D eigenvalue weighted by Gasteiger charge is 2.11. The second-order valence-corrected chi connectivity index (χ2v) is 4.58. The number of rotatable bonds is 7. The van der Waals surface area contributed by atoms with Crippen molar-refractivity contribution < 1.29 is 14.6 Å². The second kappa shape index (κ2) is 7.08. The number of methoxy groups -OCH3 is 1. The van der Waals surface area contributed by atoms with E-state index in [1.807, 2.05) is 11.9 Å². The number of aliphatic hydroxyl groups is 1. The topological polar surface area (TPSA) is 102 Å². The summed E-state index contributed by atoms with van der Waals surface area (Å²) >= 11 is 0. The Hall–Kier alpha value is -1.63. The van der Waals surface area contributed by atoms with Crippen LogP contribution in [0.25, 0.3) is 0 Å². The van der Waals surface area contributed by atoms with Crippen molar-refractivity contribution in [2.75, 3.05) is 33.0 Å². The number of amides is 1. The summed E-state index contributed by atoms with van der Waals surface area (Å²) in [4.78, 5) is 12.9. The molecule has 1 unspecified atom stereocenters. The highest BCUT2D eigenvalue weighted by atomic mass is 16.5. The lowest BCUT2D eigenvalue weighted by Crippen LogP contribution is -2.31. The summed E-state index contributed by atoms with van der Waals surface area (Å²) in [7, 11) is 3.42. The number of primary amides is 1. The maximum Gasteiger partial charge on any atom is 0.248 e. The van der Waals surface area contributed by atoms with E-state index >= 15 is 0 Å². The molecule has 1 aromatic rings. The lowest BCUT2D eigenvalue weighted by molar-refractivity contribution is 0.0419. The van der Waals surface area contributed by atoms with E-state index < -0.39 is 12.0 Å². The molecule has 19 heavy (non-hydrogen) atoms. The first-order chi connectivity index (χ1) is 8.93. The zero-order valence-corrected chi connectivity index (χ0v) is 11.3. The van der Waals surface area contributed by atoms with Crippen LogP contribution in [0.4, 0.5) is 5.69 Å². The van der Waals surface area contributed by atoms with Crippen molar-refractivity contribution in [1.29, 1.82) is 0 Å². The Bertz CT molecular complexity index is 437. The molecule has 6 nitrogen and oxygen atoms in total. The molecule has 0 spiro atoms. The lowest BCUT2D eigenvalue weighted by Gasteiger charge is -2.21. The molecule has 1 atom stereocenters. The highest BCUT2D eigenvalue weighted by Crippen LogP contribution is 2.16. The van der Waals surface area contributed by atoms with Gasteiger partial charge in [-0.25, -0.2) is 0 Å². The van der Waals surface area contributed by atoms with Crippen molar-refractivity contribution in [3.05, 3.63) is 29.3 Å². The third-order valence-corrected chi connectivity index (χ3v) is 2.75. The summed E-state index contributed by atoms with van der Waals surface area (Å²) < 4.78 is 4.87. The first kappa shape index (κ1) is 15.4. The van der Waals surface area contributed by atoms with Gasteiger partial charge in [-0.2, -0.15) is 0 Å². The van der Waals surface area contributed by atoms with Crippen LogP contribution in [-0.4, -0.2) is 49.3 Å². The molecular weight excluding hydrogens is 246 g/mol. The Kier molecular flexibility index (Phi) is 5.75. The maximum absolute atomic E-state index is 11.0. The van der Waals surface area contributed by atoms with Crippen LogP contribution in [0.15, 0.2) is 18.2 Å². The van der Waals surface area contributed by atoms with E-state index in [2.05, 4.69) is 0 Å². The third-order valence-electron chi connectivity index (χ3n) is 2.75. The Labute approximate surface area is 112 Å². The summed E-state index contributed by atoms with van der Waals surface area (Å²) in [6.45, 7) is 1.34. The number of nitrogens with zero attached hydrogens (tertiary/aromatic N) is 1. The maximum atomic E-state index is 11.0. The Balaban J connectivity index is 2.64. The molecule has 106 valence electrons. The molecule has 0 bridgehead atoms. The Morgan fingerprint density at radius 1 is 1.53 bits per heavy atom. The molecule has 6 heteroatoms. The van der Waals surface area contributed by atoms with Crippen LogP contribution in [0, 0.1) is 0 Å². The fourth-order valence-corrected chi connectivity index (χ4v) is 1.85. The normalized spacial score (nSPS) is 12.6. The number of nitrogen functional groups attached to an aromatic ring is 1. The van der Waals surface area contributed by atoms with Crippen LogP contribution in [-0.2, 0) is 11.3 Å². The number of anilines is 1. The van der Waals surface area contributed by atoms with E-state index in [9.17, 15) is 9.90 Å². The highest BCUT2D eigenvalue weighted by molar-refractivity contribution is 5.93. The predicted molar refractivity (Wildman–Crippen MR) is 73.6 cm³/mol. The zero-order valence-electron chi connectivity index (χ0n) is 11.3. The first-order valence-corrected chi connectivity index (χ1v) is 5.97. The van der Waals surface area contributed by atoms with Gasteiger partial charge < -0.3 is 21.3 Å². The zero-order chi connectivity index (χ0) is 14.4. The molecule has 0 fully saturated rings. The minimum atomic E-state index is -0.541. The Morgan fingerprint density at radius 2 is 2.21 bits per heavy atom. The van der Waals surface area contributed by atoms with Crippen molar-refractivity contribution in [2.45, 2.75) is 12.6 Å². The second-order valence-electron chi connectivity index (χ2n) is 4.58. The van der Waals surface area contributed by atoms with Gasteiger partial charge in [0.15, 0.2) is 0 Å². The quantitative estimate of drug-likeness (QED) is 0.594. The van der Waals surface area contributed by atoms with Gasteiger partial charge in [-0.1, -0.05) is 6.07 Å². The smallest absolute Gasteiger partial charge is 0.248 e. The summed E-state index contributed by atoms with van der Waals surface area (Å²) in [5.41, 5.74) is 12.9. The summed E-state index contributed by atoms with van der Waals surface area (Å²) in [6.07, 6.45) is -0.541. The van der Waals surface area contributed by atoms with E-state index in [1.165, 1.54) is 0 Å². The molecule has 0 aliphatic rings. The van der Waals surface area contributed by atoms with Crippen molar-refractivity contribution in [3.8, 4) is 0 Å². The summed E-state index contributed by atoms with van der Waals surface area (Å²) in [5, 5.41) is 9.62. The van der Waals surface area contributed by atoms with Gasteiger partial charge in [0.05, 0.1) is 12.7 Å². The molecule has 1 amide bonds. The van der Waals surface area contributed by atoms with Crippen LogP contribution in [0.2, 0.25) is 0 Å². The van der Waals surface area contributed by atoms with Crippen molar-refractivity contribution in [1.82, 2.24) is 4.90 Å². The van der Waals surface area contributed by atoms with E-state index in [-0.39, 0.29) is 0 Å². The predicted octanol–water partition coefficient (Wildman–Crippen LogP) is -0.193. The number of carbonyl (C=O) groups is 1. The van der Waals surface area contributed by atoms with E-state index in [1.54, 1.807) is 25.3 Å². The number of nitrogens with two attached hydrogens (primary N) is 2. The van der Waals surface area contributed by atoms with Crippen LogP contribution in [0.5, 0.6) is 0 Å². The number of benzene rings is 1. The van der Waals surface area contributed by atoms with Gasteiger partial charge in [-0.05, 0) is 24.7 Å². The van der Waals surface area contributed by atoms with E-state index in [4.69, 9.17) is 16.2 Å². The molecule has 1 rings (SSSR count). The third kappa shape index (κ3) is 4.86. The van der Waals surface area contributed by atoms with E-state index in [0.29, 0.717) is 30.9 Å². The number of carbonyl (C=O) groups excluding carboxylic acids is 1. The number of likely N-dealkylation sites (N-methyl/N-ethyl adjacent to an activating group) is 1. The van der Waals surface area contributed by atoms with Crippen molar-refractivity contribution in [3.63, 3.8) is 0 Å². The summed E-state index contributed by atoms with van der Waals surface area (Å²) in [6, 6.07) is 4.99. The molecular formula is C13H21N3O3.